The van der Waals surface area contributed by atoms with Gasteiger partial charge in [-0.3, -0.25) is 0 Å². The Bertz CT molecular complexity index is 815. The molecule has 3 rings (SSSR count). The summed E-state index contributed by atoms with van der Waals surface area (Å²) in [5.74, 6) is 0. The van der Waals surface area contributed by atoms with Gasteiger partial charge in [-0.1, -0.05) is 93.8 Å². The molecule has 0 aromatic heterocycles. The van der Waals surface area contributed by atoms with Crippen molar-refractivity contribution >= 4 is 5.57 Å². The first-order valence-electron chi connectivity index (χ1n) is 10.5. The Kier molecular flexibility index (Phi) is 6.83. The Morgan fingerprint density at radius 1 is 0.821 bits per heavy atom. The second-order valence-corrected chi connectivity index (χ2v) is 7.68. The zero-order valence-corrected chi connectivity index (χ0v) is 16.9. The van der Waals surface area contributed by atoms with Gasteiger partial charge in [0.15, 0.2) is 11.8 Å². The molecule has 2 aromatic rings. The number of hydrogen-bond acceptors (Lipinski definition) is 0. The Morgan fingerprint density at radius 3 is 2.11 bits per heavy atom. The first-order valence-corrected chi connectivity index (χ1v) is 10.5. The van der Waals surface area contributed by atoms with E-state index in [9.17, 15) is 4.39 Å². The first-order chi connectivity index (χ1) is 13.6. The number of allylic oxidation sites excluding steroid dienone is 4. The van der Waals surface area contributed by atoms with Crippen LogP contribution in [0.25, 0.3) is 5.57 Å². The summed E-state index contributed by atoms with van der Waals surface area (Å²) >= 11 is 0. The van der Waals surface area contributed by atoms with Crippen LogP contribution in [0.1, 0.15) is 61.8 Å². The van der Waals surface area contributed by atoms with Crippen LogP contribution < -0.4 is 0 Å². The lowest BCUT2D eigenvalue weighted by Gasteiger charge is -2.33. The van der Waals surface area contributed by atoms with Crippen LogP contribution in [0.5, 0.6) is 0 Å². The Hall–Kier alpha value is -2.22. The van der Waals surface area contributed by atoms with Crippen molar-refractivity contribution in [1.82, 2.24) is 0 Å². The first kappa shape index (κ1) is 20.5. The maximum atomic E-state index is 16.2. The summed E-state index contributed by atoms with van der Waals surface area (Å²) in [6.07, 6.45) is 9.51. The van der Waals surface area contributed by atoms with Crippen LogP contribution in [0.15, 0.2) is 66.8 Å². The molecule has 0 bridgehead atoms. The van der Waals surface area contributed by atoms with Crippen LogP contribution >= 0.6 is 0 Å². The highest BCUT2D eigenvalue weighted by Gasteiger charge is 2.45. The van der Waals surface area contributed by atoms with Crippen LogP contribution in [0.4, 0.5) is 8.78 Å². The van der Waals surface area contributed by atoms with E-state index < -0.39 is 11.8 Å². The molecule has 0 fully saturated rings. The average Bonchev–Trinajstić information content (AvgIpc) is 2.72. The normalized spacial score (nSPS) is 21.6. The fraction of sp³-hybridized carbons (Fsp3) is 0.385. The fourth-order valence-corrected chi connectivity index (χ4v) is 3.91. The molecule has 1 aliphatic rings. The van der Waals surface area contributed by atoms with Crippen molar-refractivity contribution in [3.05, 3.63) is 89.0 Å². The topological polar surface area (TPSA) is 0 Å². The molecule has 0 aliphatic heterocycles. The van der Waals surface area contributed by atoms with Gasteiger partial charge in [-0.2, -0.15) is 0 Å². The summed E-state index contributed by atoms with van der Waals surface area (Å²) in [6, 6.07) is 15.3. The summed E-state index contributed by atoms with van der Waals surface area (Å²) in [4.78, 5) is 0. The molecule has 0 N–H and O–H groups in total. The number of halogens is 2. The number of benzene rings is 2. The van der Waals surface area contributed by atoms with Gasteiger partial charge in [-0.05, 0) is 47.6 Å². The highest BCUT2D eigenvalue weighted by atomic mass is 19.2. The summed E-state index contributed by atoms with van der Waals surface area (Å²) in [6.45, 7) is 4.30. The molecular formula is C26H30F2. The number of hydrogen-bond donors (Lipinski definition) is 0. The molecule has 1 aliphatic carbocycles. The molecule has 2 atom stereocenters. The van der Waals surface area contributed by atoms with Crippen molar-refractivity contribution in [2.24, 2.45) is 0 Å². The molecule has 2 heteroatoms. The molecule has 28 heavy (non-hydrogen) atoms. The maximum Gasteiger partial charge on any atom is 0.196 e. The van der Waals surface area contributed by atoms with Gasteiger partial charge in [0, 0.05) is 5.57 Å². The molecule has 148 valence electrons. The molecule has 0 amide bonds. The minimum Gasteiger partial charge on any atom is -0.239 e. The van der Waals surface area contributed by atoms with Crippen molar-refractivity contribution in [2.45, 2.75) is 64.2 Å². The van der Waals surface area contributed by atoms with E-state index in [1.807, 2.05) is 36.4 Å². The SMILES string of the molecule is CCCCCc1ccc(C2=CC=CC(F)C2(F)c2ccc(CCC)cc2)cc1. The molecule has 0 spiro atoms. The van der Waals surface area contributed by atoms with Gasteiger partial charge in [0.05, 0.1) is 0 Å². The van der Waals surface area contributed by atoms with Crippen LogP contribution in [0.3, 0.4) is 0 Å². The van der Waals surface area contributed by atoms with Gasteiger partial charge >= 0.3 is 0 Å². The largest absolute Gasteiger partial charge is 0.239 e. The highest BCUT2D eigenvalue weighted by molar-refractivity contribution is 5.77. The Balaban J connectivity index is 1.89. The molecule has 0 saturated carbocycles. The van der Waals surface area contributed by atoms with Crippen molar-refractivity contribution in [2.75, 3.05) is 0 Å². The lowest BCUT2D eigenvalue weighted by atomic mass is 9.77. The number of aryl methyl sites for hydroxylation is 2. The second-order valence-electron chi connectivity index (χ2n) is 7.68. The van der Waals surface area contributed by atoms with Crippen molar-refractivity contribution in [3.63, 3.8) is 0 Å². The van der Waals surface area contributed by atoms with Gasteiger partial charge in [0.2, 0.25) is 0 Å². The van der Waals surface area contributed by atoms with E-state index in [0.29, 0.717) is 11.1 Å². The number of rotatable bonds is 8. The van der Waals surface area contributed by atoms with Crippen molar-refractivity contribution in [3.8, 4) is 0 Å². The predicted octanol–water partition coefficient (Wildman–Crippen LogP) is 7.53. The quantitative estimate of drug-likeness (QED) is 0.415. The number of alkyl halides is 2. The van der Waals surface area contributed by atoms with E-state index in [1.165, 1.54) is 24.5 Å². The van der Waals surface area contributed by atoms with Gasteiger partial charge in [-0.15, -0.1) is 0 Å². The molecule has 0 heterocycles. The van der Waals surface area contributed by atoms with E-state index in [1.54, 1.807) is 24.3 Å². The third kappa shape index (κ3) is 4.27. The lowest BCUT2D eigenvalue weighted by molar-refractivity contribution is 0.135. The third-order valence-electron chi connectivity index (χ3n) is 5.56. The van der Waals surface area contributed by atoms with E-state index in [4.69, 9.17) is 0 Å². The van der Waals surface area contributed by atoms with Gasteiger partial charge in [-0.25, -0.2) is 8.78 Å². The molecule has 0 saturated heterocycles. The minimum atomic E-state index is -2.16. The Morgan fingerprint density at radius 2 is 1.46 bits per heavy atom. The predicted molar refractivity (Wildman–Crippen MR) is 115 cm³/mol. The lowest BCUT2D eigenvalue weighted by Crippen LogP contribution is -2.34. The maximum absolute atomic E-state index is 16.2. The molecule has 0 nitrogen and oxygen atoms in total. The van der Waals surface area contributed by atoms with E-state index >= 15 is 4.39 Å². The van der Waals surface area contributed by atoms with Gasteiger partial charge in [0.1, 0.15) is 0 Å². The van der Waals surface area contributed by atoms with Crippen molar-refractivity contribution < 1.29 is 8.78 Å². The summed E-state index contributed by atoms with van der Waals surface area (Å²) in [5.41, 5.74) is 1.75. The number of unbranched alkanes of at least 4 members (excludes halogenated alkanes) is 2. The smallest absolute Gasteiger partial charge is 0.196 e. The summed E-state index contributed by atoms with van der Waals surface area (Å²) in [7, 11) is 0. The zero-order valence-electron chi connectivity index (χ0n) is 16.9. The van der Waals surface area contributed by atoms with Crippen LogP contribution in [-0.4, -0.2) is 6.17 Å². The average molecular weight is 381 g/mol. The monoisotopic (exact) mass is 380 g/mol. The Labute approximate surface area is 168 Å². The van der Waals surface area contributed by atoms with Crippen LogP contribution in [0.2, 0.25) is 0 Å². The minimum absolute atomic E-state index is 0.377. The van der Waals surface area contributed by atoms with Crippen LogP contribution in [0, 0.1) is 0 Å². The van der Waals surface area contributed by atoms with Gasteiger partial charge in [0.25, 0.3) is 0 Å². The van der Waals surface area contributed by atoms with E-state index in [0.717, 1.165) is 36.8 Å². The fourth-order valence-electron chi connectivity index (χ4n) is 3.91. The van der Waals surface area contributed by atoms with E-state index in [2.05, 4.69) is 13.8 Å². The molecule has 0 radical (unpaired) electrons. The van der Waals surface area contributed by atoms with E-state index in [-0.39, 0.29) is 0 Å². The summed E-state index contributed by atoms with van der Waals surface area (Å²) < 4.78 is 31.1. The standard InChI is InChI=1S/C26H30F2/c1-3-5-6-9-21-12-16-22(17-13-21)24-10-7-11-25(27)26(24,28)23-18-14-20(8-4-2)15-19-23/h7,10-19,25H,3-6,8-9H2,1-2H3. The molecule has 2 unspecified atom stereocenters. The third-order valence-corrected chi connectivity index (χ3v) is 5.56. The van der Waals surface area contributed by atoms with Crippen LogP contribution in [-0.2, 0) is 18.5 Å². The summed E-state index contributed by atoms with van der Waals surface area (Å²) in [5, 5.41) is 0. The molecular weight excluding hydrogens is 350 g/mol. The highest BCUT2D eigenvalue weighted by Crippen LogP contribution is 2.46. The second kappa shape index (κ2) is 9.32. The zero-order chi connectivity index (χ0) is 20.0. The van der Waals surface area contributed by atoms with Crippen molar-refractivity contribution in [1.29, 1.82) is 0 Å². The molecule has 2 aromatic carbocycles. The van der Waals surface area contributed by atoms with Gasteiger partial charge < -0.3 is 0 Å².